The molecule has 0 saturated heterocycles. The van der Waals surface area contributed by atoms with Crippen LogP contribution in [0.1, 0.15) is 36.8 Å². The number of rotatable bonds is 7. The lowest BCUT2D eigenvalue weighted by atomic mass is 9.71. The lowest BCUT2D eigenvalue weighted by molar-refractivity contribution is -0.126. The Kier molecular flexibility index (Phi) is 7.74. The van der Waals surface area contributed by atoms with Gasteiger partial charge in [-0.2, -0.15) is 0 Å². The third-order valence-electron chi connectivity index (χ3n) is 6.31. The second-order valence-corrected chi connectivity index (χ2v) is 10.4. The summed E-state index contributed by atoms with van der Waals surface area (Å²) in [5.41, 5.74) is 0.460. The summed E-state index contributed by atoms with van der Waals surface area (Å²) in [6.45, 7) is 5.55. The molecule has 2 aromatic rings. The zero-order valence-corrected chi connectivity index (χ0v) is 20.1. The summed E-state index contributed by atoms with van der Waals surface area (Å²) in [4.78, 5) is 23.9. The van der Waals surface area contributed by atoms with Crippen molar-refractivity contribution in [2.45, 2.75) is 36.7 Å². The first-order chi connectivity index (χ1) is 16.2. The van der Waals surface area contributed by atoms with Crippen molar-refractivity contribution in [1.29, 1.82) is 0 Å². The maximum atomic E-state index is 13.6. The fourth-order valence-corrected chi connectivity index (χ4v) is 6.62. The molecule has 2 aromatic carbocycles. The van der Waals surface area contributed by atoms with E-state index in [0.29, 0.717) is 17.7 Å². The van der Waals surface area contributed by atoms with Gasteiger partial charge in [-0.3, -0.25) is 9.59 Å². The molecule has 2 amide bonds. The second-order valence-electron chi connectivity index (χ2n) is 8.42. The highest BCUT2D eigenvalue weighted by atomic mass is 32.2. The fraction of sp³-hybridized carbons (Fsp3) is 0.308. The van der Waals surface area contributed by atoms with Gasteiger partial charge in [-0.25, -0.2) is 8.42 Å². The Labute approximate surface area is 200 Å². The summed E-state index contributed by atoms with van der Waals surface area (Å²) in [6.07, 6.45) is 3.93. The summed E-state index contributed by atoms with van der Waals surface area (Å²) >= 11 is 0. The van der Waals surface area contributed by atoms with Crippen LogP contribution in [-0.2, 0) is 19.4 Å². The first kappa shape index (κ1) is 25.4. The average molecular weight is 483 g/mol. The molecule has 0 spiro atoms. The first-order valence-electron chi connectivity index (χ1n) is 11.1. The van der Waals surface area contributed by atoms with E-state index in [9.17, 15) is 23.1 Å². The van der Waals surface area contributed by atoms with Gasteiger partial charge >= 0.3 is 0 Å². The quantitative estimate of drug-likeness (QED) is 0.414. The van der Waals surface area contributed by atoms with Gasteiger partial charge in [0.05, 0.1) is 16.8 Å². The van der Waals surface area contributed by atoms with Crippen LogP contribution in [0.5, 0.6) is 0 Å². The molecule has 0 aliphatic carbocycles. The predicted octanol–water partition coefficient (Wildman–Crippen LogP) is 3.18. The lowest BCUT2D eigenvalue weighted by Gasteiger charge is -2.37. The molecule has 0 bridgehead atoms. The van der Waals surface area contributed by atoms with Crippen molar-refractivity contribution in [3.63, 3.8) is 0 Å². The number of sulfone groups is 1. The van der Waals surface area contributed by atoms with Crippen LogP contribution >= 0.6 is 0 Å². The molecule has 1 heterocycles. The van der Waals surface area contributed by atoms with Gasteiger partial charge < -0.3 is 15.7 Å². The summed E-state index contributed by atoms with van der Waals surface area (Å²) in [6, 6.07) is 13.8. The Balaban J connectivity index is 2.20. The minimum Gasteiger partial charge on any atom is -0.391 e. The van der Waals surface area contributed by atoms with Crippen LogP contribution in [0.4, 0.5) is 5.69 Å². The van der Waals surface area contributed by atoms with Crippen molar-refractivity contribution in [2.75, 3.05) is 18.1 Å². The van der Waals surface area contributed by atoms with Crippen LogP contribution < -0.4 is 10.6 Å². The number of allylic oxidation sites excluding steroid dienone is 2. The van der Waals surface area contributed by atoms with Gasteiger partial charge in [-0.1, -0.05) is 62.1 Å². The first-order valence-corrected chi connectivity index (χ1v) is 12.7. The Morgan fingerprint density at radius 2 is 1.88 bits per heavy atom. The second kappa shape index (κ2) is 10.4. The third-order valence-corrected chi connectivity index (χ3v) is 8.27. The maximum Gasteiger partial charge on any atom is 0.233 e. The number of nitrogens with one attached hydrogen (secondary N) is 2. The van der Waals surface area contributed by atoms with E-state index in [1.807, 2.05) is 37.3 Å². The number of carbonyl (C=O) groups is 2. The number of amides is 2. The topological polar surface area (TPSA) is 113 Å². The molecule has 0 saturated carbocycles. The molecular weight excluding hydrogens is 452 g/mol. The van der Waals surface area contributed by atoms with Crippen LogP contribution in [0, 0.1) is 5.41 Å². The Bertz CT molecular complexity index is 1210. The average Bonchev–Trinajstić information content (AvgIpc) is 2.88. The zero-order valence-electron chi connectivity index (χ0n) is 19.3. The van der Waals surface area contributed by atoms with Gasteiger partial charge in [0.15, 0.2) is 9.84 Å². The number of carbonyl (C=O) groups excluding carboxylic acids is 2. The number of anilines is 1. The Hall–Kier alpha value is -3.23. The largest absolute Gasteiger partial charge is 0.391 e. The van der Waals surface area contributed by atoms with Gasteiger partial charge in [0.2, 0.25) is 11.8 Å². The van der Waals surface area contributed by atoms with Gasteiger partial charge in [0.25, 0.3) is 0 Å². The predicted molar refractivity (Wildman–Crippen MR) is 132 cm³/mol. The highest BCUT2D eigenvalue weighted by molar-refractivity contribution is 7.91. The molecule has 3 atom stereocenters. The molecule has 180 valence electrons. The van der Waals surface area contributed by atoms with E-state index in [-0.39, 0.29) is 17.1 Å². The SMILES string of the molecule is C=C/C=C/[C@]1(CC)CS(=O)(=O)c2ccc(NC(=O)CC(=O)NC)cc2[C@@H](c2ccccc2)[C@H]1O. The molecule has 3 rings (SSSR count). The van der Waals surface area contributed by atoms with E-state index in [0.717, 1.165) is 5.56 Å². The molecule has 0 unspecified atom stereocenters. The standard InChI is InChI=1S/C26H30N2O5S/c1-4-6-14-26(5-2)17-34(32,33)21-13-12-19(28-23(30)16-22(29)27-3)15-20(21)24(25(26)31)18-10-8-7-9-11-18/h4,6-15,24-25,31H,1,5,16-17H2,2-3H3,(H,27,29)(H,28,30)/b14-6+/t24-,25-,26-/m1/s1. The number of hydrogen-bond acceptors (Lipinski definition) is 5. The normalized spacial score (nSPS) is 23.5. The van der Waals surface area contributed by atoms with Crippen molar-refractivity contribution in [1.82, 2.24) is 5.32 Å². The lowest BCUT2D eigenvalue weighted by Crippen LogP contribution is -2.41. The van der Waals surface area contributed by atoms with Crippen LogP contribution in [-0.4, -0.2) is 44.2 Å². The molecule has 1 aliphatic rings. The number of aliphatic hydroxyl groups is 1. The number of fused-ring (bicyclic) bond motifs is 1. The molecule has 7 nitrogen and oxygen atoms in total. The summed E-state index contributed by atoms with van der Waals surface area (Å²) in [5, 5.41) is 16.8. The molecule has 0 radical (unpaired) electrons. The van der Waals surface area contributed by atoms with E-state index in [4.69, 9.17) is 0 Å². The monoisotopic (exact) mass is 482 g/mol. The molecule has 1 aliphatic heterocycles. The molecule has 34 heavy (non-hydrogen) atoms. The van der Waals surface area contributed by atoms with Crippen LogP contribution in [0.3, 0.4) is 0 Å². The van der Waals surface area contributed by atoms with Gasteiger partial charge in [0.1, 0.15) is 6.42 Å². The number of aliphatic hydroxyl groups excluding tert-OH is 1. The molecule has 3 N–H and O–H groups in total. The van der Waals surface area contributed by atoms with E-state index in [2.05, 4.69) is 17.2 Å². The zero-order chi connectivity index (χ0) is 24.9. The smallest absolute Gasteiger partial charge is 0.233 e. The van der Waals surface area contributed by atoms with Gasteiger partial charge in [-0.15, -0.1) is 0 Å². The summed E-state index contributed by atoms with van der Waals surface area (Å²) < 4.78 is 27.1. The number of benzene rings is 2. The number of hydrogen-bond donors (Lipinski definition) is 3. The molecule has 0 aromatic heterocycles. The minimum absolute atomic E-state index is 0.118. The van der Waals surface area contributed by atoms with E-state index in [1.54, 1.807) is 24.3 Å². The van der Waals surface area contributed by atoms with Crippen LogP contribution in [0.15, 0.2) is 78.2 Å². The fourth-order valence-electron chi connectivity index (χ4n) is 4.47. The summed E-state index contributed by atoms with van der Waals surface area (Å²) in [5.74, 6) is -1.89. The van der Waals surface area contributed by atoms with Crippen molar-refractivity contribution < 1.29 is 23.1 Å². The van der Waals surface area contributed by atoms with Gasteiger partial charge in [-0.05, 0) is 35.7 Å². The third kappa shape index (κ3) is 5.13. The van der Waals surface area contributed by atoms with Crippen molar-refractivity contribution in [3.05, 3.63) is 84.5 Å². The minimum atomic E-state index is -3.79. The molecule has 0 fully saturated rings. The summed E-state index contributed by atoms with van der Waals surface area (Å²) in [7, 11) is -2.35. The maximum absolute atomic E-state index is 13.6. The van der Waals surface area contributed by atoms with Crippen molar-refractivity contribution in [3.8, 4) is 0 Å². The Morgan fingerprint density at radius 3 is 2.50 bits per heavy atom. The highest BCUT2D eigenvalue weighted by Gasteiger charge is 2.48. The van der Waals surface area contributed by atoms with Crippen molar-refractivity contribution in [2.24, 2.45) is 5.41 Å². The van der Waals surface area contributed by atoms with E-state index in [1.165, 1.54) is 19.2 Å². The Morgan fingerprint density at radius 1 is 1.18 bits per heavy atom. The highest BCUT2D eigenvalue weighted by Crippen LogP contribution is 2.47. The van der Waals surface area contributed by atoms with Crippen LogP contribution in [0.2, 0.25) is 0 Å². The van der Waals surface area contributed by atoms with E-state index < -0.39 is 39.1 Å². The molecule has 8 heteroatoms. The van der Waals surface area contributed by atoms with Crippen molar-refractivity contribution >= 4 is 27.3 Å². The van der Waals surface area contributed by atoms with E-state index >= 15 is 0 Å². The molecular formula is C26H30N2O5S. The van der Waals surface area contributed by atoms with Gasteiger partial charge in [0, 0.05) is 24.1 Å². The van der Waals surface area contributed by atoms with Crippen LogP contribution in [0.25, 0.3) is 0 Å².